The molecule has 1 rings (SSSR count). The van der Waals surface area contributed by atoms with Gasteiger partial charge in [-0.25, -0.2) is 0 Å². The average molecular weight is 240 g/mol. The maximum Gasteiger partial charge on any atom is 0.237 e. The van der Waals surface area contributed by atoms with Crippen LogP contribution in [0.25, 0.3) is 0 Å². The van der Waals surface area contributed by atoms with Crippen molar-refractivity contribution in [1.82, 2.24) is 5.32 Å². The summed E-state index contributed by atoms with van der Waals surface area (Å²) in [7, 11) is 0. The van der Waals surface area contributed by atoms with E-state index in [1.54, 1.807) is 0 Å². The largest absolute Gasteiger partial charge is 0.352 e. The van der Waals surface area contributed by atoms with E-state index in [4.69, 9.17) is 5.73 Å². The lowest BCUT2D eigenvalue weighted by Gasteiger charge is -2.22. The summed E-state index contributed by atoms with van der Waals surface area (Å²) in [5.74, 6) is 1.42. The van der Waals surface area contributed by atoms with Crippen LogP contribution in [0, 0.1) is 11.8 Å². The summed E-state index contributed by atoms with van der Waals surface area (Å²) in [6.07, 6.45) is 6.51. The van der Waals surface area contributed by atoms with Crippen LogP contribution in [0.1, 0.15) is 59.3 Å². The van der Waals surface area contributed by atoms with E-state index in [2.05, 4.69) is 26.1 Å². The van der Waals surface area contributed by atoms with Gasteiger partial charge in [-0.3, -0.25) is 4.79 Å². The molecule has 0 heterocycles. The normalized spacial score (nSPS) is 30.2. The number of rotatable bonds is 6. The topological polar surface area (TPSA) is 55.1 Å². The molecule has 1 fully saturated rings. The van der Waals surface area contributed by atoms with Crippen molar-refractivity contribution in [3.63, 3.8) is 0 Å². The van der Waals surface area contributed by atoms with Crippen molar-refractivity contribution in [3.05, 3.63) is 0 Å². The van der Waals surface area contributed by atoms with Crippen LogP contribution in [0.15, 0.2) is 0 Å². The van der Waals surface area contributed by atoms with Gasteiger partial charge in [0.15, 0.2) is 0 Å². The molecule has 100 valence electrons. The van der Waals surface area contributed by atoms with Crippen molar-refractivity contribution in [1.29, 1.82) is 0 Å². The highest BCUT2D eigenvalue weighted by Gasteiger charge is 2.33. The summed E-state index contributed by atoms with van der Waals surface area (Å²) >= 11 is 0. The van der Waals surface area contributed by atoms with Gasteiger partial charge in [0.1, 0.15) is 0 Å². The molecule has 1 amide bonds. The Bertz CT molecular complexity index is 242. The lowest BCUT2D eigenvalue weighted by Crippen LogP contribution is -2.46. The van der Waals surface area contributed by atoms with Gasteiger partial charge in [0.25, 0.3) is 0 Å². The molecule has 3 nitrogen and oxygen atoms in total. The molecule has 17 heavy (non-hydrogen) atoms. The molecule has 3 N–H and O–H groups in total. The van der Waals surface area contributed by atoms with Crippen LogP contribution < -0.4 is 11.1 Å². The smallest absolute Gasteiger partial charge is 0.237 e. The summed E-state index contributed by atoms with van der Waals surface area (Å²) in [6.45, 7) is 6.61. The van der Waals surface area contributed by atoms with Crippen molar-refractivity contribution in [3.8, 4) is 0 Å². The van der Waals surface area contributed by atoms with Gasteiger partial charge in [-0.15, -0.1) is 0 Å². The number of unbranched alkanes of at least 4 members (excludes halogenated alkanes) is 1. The molecule has 4 atom stereocenters. The Morgan fingerprint density at radius 2 is 2.12 bits per heavy atom. The standard InChI is InChI=1S/C14H28N2O/c1-4-6-7-12(15)14(17)16-13-9-8-11(5-2)10(13)3/h10-13H,4-9,15H2,1-3H3,(H,16,17). The Labute approximate surface area is 106 Å². The number of hydrogen-bond acceptors (Lipinski definition) is 2. The third-order valence-corrected chi connectivity index (χ3v) is 4.28. The molecule has 0 saturated heterocycles. The van der Waals surface area contributed by atoms with Crippen molar-refractivity contribution < 1.29 is 4.79 Å². The molecular formula is C14H28N2O. The first kappa shape index (κ1) is 14.5. The van der Waals surface area contributed by atoms with Crippen LogP contribution in [-0.4, -0.2) is 18.0 Å². The van der Waals surface area contributed by atoms with Crippen LogP contribution in [0.5, 0.6) is 0 Å². The second-order valence-corrected chi connectivity index (χ2v) is 5.47. The number of hydrogen-bond donors (Lipinski definition) is 2. The first-order chi connectivity index (χ1) is 8.10. The van der Waals surface area contributed by atoms with Crippen LogP contribution in [0.4, 0.5) is 0 Å². The van der Waals surface area contributed by atoms with Gasteiger partial charge in [-0.05, 0) is 31.1 Å². The molecule has 1 aliphatic rings. The van der Waals surface area contributed by atoms with E-state index in [1.165, 1.54) is 12.8 Å². The molecule has 0 bridgehead atoms. The third-order valence-electron chi connectivity index (χ3n) is 4.28. The van der Waals surface area contributed by atoms with Crippen molar-refractivity contribution >= 4 is 5.91 Å². The molecule has 3 heteroatoms. The summed E-state index contributed by atoms with van der Waals surface area (Å²) in [4.78, 5) is 11.9. The van der Waals surface area contributed by atoms with Gasteiger partial charge < -0.3 is 11.1 Å². The molecule has 0 aromatic rings. The van der Waals surface area contributed by atoms with E-state index in [-0.39, 0.29) is 11.9 Å². The molecule has 4 unspecified atom stereocenters. The molecule has 0 aromatic carbocycles. The maximum absolute atomic E-state index is 11.9. The first-order valence-corrected chi connectivity index (χ1v) is 7.16. The van der Waals surface area contributed by atoms with E-state index in [0.717, 1.165) is 31.6 Å². The Morgan fingerprint density at radius 1 is 1.41 bits per heavy atom. The average Bonchev–Trinajstić information content (AvgIpc) is 2.67. The Morgan fingerprint density at radius 3 is 2.65 bits per heavy atom. The fraction of sp³-hybridized carbons (Fsp3) is 0.929. The summed E-state index contributed by atoms with van der Waals surface area (Å²) < 4.78 is 0. The van der Waals surface area contributed by atoms with Gasteiger partial charge >= 0.3 is 0 Å². The minimum absolute atomic E-state index is 0.0482. The van der Waals surface area contributed by atoms with E-state index in [0.29, 0.717) is 12.0 Å². The summed E-state index contributed by atoms with van der Waals surface area (Å²) in [5, 5.41) is 3.14. The minimum Gasteiger partial charge on any atom is -0.352 e. The second kappa shape index (κ2) is 7.00. The summed E-state index contributed by atoms with van der Waals surface area (Å²) in [5.41, 5.74) is 5.88. The maximum atomic E-state index is 11.9. The van der Waals surface area contributed by atoms with Gasteiger partial charge in [0.05, 0.1) is 6.04 Å². The second-order valence-electron chi connectivity index (χ2n) is 5.47. The molecule has 0 aliphatic heterocycles. The zero-order valence-electron chi connectivity index (χ0n) is 11.5. The third kappa shape index (κ3) is 3.98. The first-order valence-electron chi connectivity index (χ1n) is 7.16. The Kier molecular flexibility index (Phi) is 5.96. The lowest BCUT2D eigenvalue weighted by atomic mass is 9.93. The van der Waals surface area contributed by atoms with Gasteiger partial charge in [-0.1, -0.05) is 40.0 Å². The van der Waals surface area contributed by atoms with Crippen LogP contribution in [-0.2, 0) is 4.79 Å². The number of amides is 1. The fourth-order valence-corrected chi connectivity index (χ4v) is 2.87. The molecule has 1 saturated carbocycles. The van der Waals surface area contributed by atoms with E-state index < -0.39 is 0 Å². The summed E-state index contributed by atoms with van der Waals surface area (Å²) in [6, 6.07) is 0.0305. The zero-order chi connectivity index (χ0) is 12.8. The molecule has 0 radical (unpaired) electrons. The van der Waals surface area contributed by atoms with E-state index in [1.807, 2.05) is 0 Å². The van der Waals surface area contributed by atoms with Crippen molar-refractivity contribution in [2.75, 3.05) is 0 Å². The van der Waals surface area contributed by atoms with Crippen LogP contribution >= 0.6 is 0 Å². The number of carbonyl (C=O) groups is 1. The highest BCUT2D eigenvalue weighted by Crippen LogP contribution is 2.33. The van der Waals surface area contributed by atoms with Crippen molar-refractivity contribution in [2.45, 2.75) is 71.4 Å². The van der Waals surface area contributed by atoms with Gasteiger partial charge in [0.2, 0.25) is 5.91 Å². The predicted octanol–water partition coefficient (Wildman–Crippen LogP) is 2.44. The van der Waals surface area contributed by atoms with Crippen molar-refractivity contribution in [2.24, 2.45) is 17.6 Å². The van der Waals surface area contributed by atoms with E-state index in [9.17, 15) is 4.79 Å². The highest BCUT2D eigenvalue weighted by molar-refractivity contribution is 5.81. The molecule has 1 aliphatic carbocycles. The zero-order valence-corrected chi connectivity index (χ0v) is 11.5. The minimum atomic E-state index is -0.317. The Hall–Kier alpha value is -0.570. The Balaban J connectivity index is 2.36. The number of carbonyl (C=O) groups excluding carboxylic acids is 1. The monoisotopic (exact) mass is 240 g/mol. The predicted molar refractivity (Wildman–Crippen MR) is 71.6 cm³/mol. The lowest BCUT2D eigenvalue weighted by molar-refractivity contribution is -0.123. The molecule has 0 aromatic heterocycles. The number of nitrogens with one attached hydrogen (secondary N) is 1. The van der Waals surface area contributed by atoms with Crippen LogP contribution in [0.2, 0.25) is 0 Å². The van der Waals surface area contributed by atoms with Crippen LogP contribution in [0.3, 0.4) is 0 Å². The van der Waals surface area contributed by atoms with Gasteiger partial charge in [0, 0.05) is 6.04 Å². The fourth-order valence-electron chi connectivity index (χ4n) is 2.87. The number of nitrogens with two attached hydrogens (primary N) is 1. The highest BCUT2D eigenvalue weighted by atomic mass is 16.2. The molecular weight excluding hydrogens is 212 g/mol. The molecule has 0 spiro atoms. The van der Waals surface area contributed by atoms with E-state index >= 15 is 0 Å². The van der Waals surface area contributed by atoms with Gasteiger partial charge in [-0.2, -0.15) is 0 Å². The SMILES string of the molecule is CCCCC(N)C(=O)NC1CCC(CC)C1C. The quantitative estimate of drug-likeness (QED) is 0.749.